The molecule has 0 aliphatic carbocycles. The van der Waals surface area contributed by atoms with Crippen molar-refractivity contribution >= 4 is 0 Å². The largest absolute Gasteiger partial charge is 0.386 e. The molecule has 2 atom stereocenters. The number of aliphatic hydroxyl groups is 1. The highest BCUT2D eigenvalue weighted by atomic mass is 16.5. The van der Waals surface area contributed by atoms with Crippen molar-refractivity contribution in [2.24, 2.45) is 0 Å². The molecule has 1 aromatic heterocycles. The fraction of sp³-hybridized carbons (Fsp3) is 0.500. The average Bonchev–Trinajstić information content (AvgIpc) is 2.30. The fourth-order valence-corrected chi connectivity index (χ4v) is 1.56. The van der Waals surface area contributed by atoms with Crippen LogP contribution in [-0.4, -0.2) is 35.9 Å². The summed E-state index contributed by atoms with van der Waals surface area (Å²) in [5, 5.41) is 13.1. The number of hydrogen-bond donors (Lipinski definition) is 2. The van der Waals surface area contributed by atoms with Crippen LogP contribution in [0.15, 0.2) is 24.5 Å². The maximum Gasteiger partial charge on any atom is 0.106 e. The van der Waals surface area contributed by atoms with E-state index < -0.39 is 6.10 Å². The second-order valence-corrected chi connectivity index (χ2v) is 3.34. The van der Waals surface area contributed by atoms with Gasteiger partial charge < -0.3 is 15.2 Å². The van der Waals surface area contributed by atoms with Gasteiger partial charge >= 0.3 is 0 Å². The van der Waals surface area contributed by atoms with Crippen LogP contribution in [0.5, 0.6) is 0 Å². The van der Waals surface area contributed by atoms with Crippen molar-refractivity contribution in [2.75, 3.05) is 19.7 Å². The summed E-state index contributed by atoms with van der Waals surface area (Å²) in [5.41, 5.74) is 0.855. The summed E-state index contributed by atoms with van der Waals surface area (Å²) in [7, 11) is 0. The van der Waals surface area contributed by atoms with Gasteiger partial charge in [-0.15, -0.1) is 0 Å². The Labute approximate surface area is 82.9 Å². The monoisotopic (exact) mass is 194 g/mol. The highest BCUT2D eigenvalue weighted by Crippen LogP contribution is 2.18. The van der Waals surface area contributed by atoms with E-state index in [1.165, 1.54) is 0 Å². The van der Waals surface area contributed by atoms with Crippen LogP contribution in [0.2, 0.25) is 0 Å². The molecule has 0 aromatic carbocycles. The third-order valence-corrected chi connectivity index (χ3v) is 2.36. The molecule has 1 fully saturated rings. The first-order valence-corrected chi connectivity index (χ1v) is 4.78. The lowest BCUT2D eigenvalue weighted by Gasteiger charge is -2.27. The summed E-state index contributed by atoms with van der Waals surface area (Å²) in [6.45, 7) is 2.22. The van der Waals surface area contributed by atoms with E-state index in [4.69, 9.17) is 4.74 Å². The van der Waals surface area contributed by atoms with E-state index in [1.54, 1.807) is 12.4 Å². The normalized spacial score (nSPS) is 24.5. The molecular weight excluding hydrogens is 180 g/mol. The summed E-state index contributed by atoms with van der Waals surface area (Å²) < 4.78 is 5.46. The Kier molecular flexibility index (Phi) is 3.08. The summed E-state index contributed by atoms with van der Waals surface area (Å²) in [4.78, 5) is 3.91. The van der Waals surface area contributed by atoms with Gasteiger partial charge in [-0.3, -0.25) is 4.98 Å². The molecule has 4 heteroatoms. The molecule has 2 rings (SSSR count). The zero-order valence-corrected chi connectivity index (χ0v) is 7.89. The Bertz CT molecular complexity index is 273. The van der Waals surface area contributed by atoms with Gasteiger partial charge in [0.2, 0.25) is 0 Å². The number of aliphatic hydroxyl groups excluding tert-OH is 1. The number of aromatic nitrogens is 1. The quantitative estimate of drug-likeness (QED) is 0.701. The van der Waals surface area contributed by atoms with Gasteiger partial charge in [0, 0.05) is 25.5 Å². The van der Waals surface area contributed by atoms with Crippen molar-refractivity contribution in [3.63, 3.8) is 0 Å². The predicted octanol–water partition coefficient (Wildman–Crippen LogP) is 0.103. The van der Waals surface area contributed by atoms with E-state index in [0.29, 0.717) is 13.2 Å². The number of pyridine rings is 1. The van der Waals surface area contributed by atoms with E-state index in [0.717, 1.165) is 12.1 Å². The Morgan fingerprint density at radius 2 is 2.29 bits per heavy atom. The second-order valence-electron chi connectivity index (χ2n) is 3.34. The molecule has 2 heterocycles. The highest BCUT2D eigenvalue weighted by Gasteiger charge is 2.23. The first-order valence-electron chi connectivity index (χ1n) is 4.78. The molecule has 2 N–H and O–H groups in total. The van der Waals surface area contributed by atoms with E-state index in [-0.39, 0.29) is 6.10 Å². The lowest BCUT2D eigenvalue weighted by Crippen LogP contribution is -2.41. The lowest BCUT2D eigenvalue weighted by atomic mass is 10.1. The molecule has 1 aromatic rings. The molecule has 4 nitrogen and oxygen atoms in total. The number of nitrogens with one attached hydrogen (secondary N) is 1. The molecule has 2 unspecified atom stereocenters. The van der Waals surface area contributed by atoms with Crippen molar-refractivity contribution in [3.8, 4) is 0 Å². The SMILES string of the molecule is OC(c1ccncc1)C1CNCCO1. The highest BCUT2D eigenvalue weighted by molar-refractivity contribution is 5.14. The predicted molar refractivity (Wildman–Crippen MR) is 51.8 cm³/mol. The first kappa shape index (κ1) is 9.58. The van der Waals surface area contributed by atoms with Gasteiger partial charge in [0.15, 0.2) is 0 Å². The van der Waals surface area contributed by atoms with Gasteiger partial charge in [-0.25, -0.2) is 0 Å². The molecule has 0 saturated carbocycles. The van der Waals surface area contributed by atoms with E-state index in [1.807, 2.05) is 12.1 Å². The number of rotatable bonds is 2. The van der Waals surface area contributed by atoms with Crippen LogP contribution in [0, 0.1) is 0 Å². The summed E-state index contributed by atoms with van der Waals surface area (Å²) in [6, 6.07) is 3.62. The fourth-order valence-electron chi connectivity index (χ4n) is 1.56. The smallest absolute Gasteiger partial charge is 0.106 e. The second kappa shape index (κ2) is 4.50. The Morgan fingerprint density at radius 1 is 1.50 bits per heavy atom. The third-order valence-electron chi connectivity index (χ3n) is 2.36. The Hall–Kier alpha value is -0.970. The van der Waals surface area contributed by atoms with Gasteiger partial charge in [-0.05, 0) is 17.7 Å². The van der Waals surface area contributed by atoms with Gasteiger partial charge in [0.05, 0.1) is 12.7 Å². The number of nitrogens with zero attached hydrogens (tertiary/aromatic N) is 1. The van der Waals surface area contributed by atoms with Crippen molar-refractivity contribution in [1.82, 2.24) is 10.3 Å². The van der Waals surface area contributed by atoms with Crippen molar-refractivity contribution in [1.29, 1.82) is 0 Å². The molecule has 0 amide bonds. The molecule has 0 radical (unpaired) electrons. The maximum atomic E-state index is 9.95. The summed E-state index contributed by atoms with van der Waals surface area (Å²) >= 11 is 0. The molecule has 0 spiro atoms. The minimum absolute atomic E-state index is 0.147. The van der Waals surface area contributed by atoms with Crippen LogP contribution in [0.4, 0.5) is 0 Å². The standard InChI is InChI=1S/C10H14N2O2/c13-10(8-1-3-11-4-2-8)9-7-12-5-6-14-9/h1-4,9-10,12-13H,5-7H2. The average molecular weight is 194 g/mol. The van der Waals surface area contributed by atoms with E-state index in [9.17, 15) is 5.11 Å². The number of morpholine rings is 1. The van der Waals surface area contributed by atoms with Gasteiger partial charge in [-0.1, -0.05) is 0 Å². The van der Waals surface area contributed by atoms with E-state index in [2.05, 4.69) is 10.3 Å². The molecule has 0 bridgehead atoms. The summed E-state index contributed by atoms with van der Waals surface area (Å²) in [6.07, 6.45) is 2.64. The maximum absolute atomic E-state index is 9.95. The third kappa shape index (κ3) is 2.09. The van der Waals surface area contributed by atoms with E-state index >= 15 is 0 Å². The van der Waals surface area contributed by atoms with Crippen LogP contribution in [0.1, 0.15) is 11.7 Å². The molecule has 14 heavy (non-hydrogen) atoms. The van der Waals surface area contributed by atoms with Crippen LogP contribution >= 0.6 is 0 Å². The van der Waals surface area contributed by atoms with Gasteiger partial charge in [-0.2, -0.15) is 0 Å². The lowest BCUT2D eigenvalue weighted by molar-refractivity contribution is -0.0536. The van der Waals surface area contributed by atoms with Crippen LogP contribution in [-0.2, 0) is 4.74 Å². The zero-order chi connectivity index (χ0) is 9.80. The number of ether oxygens (including phenoxy) is 1. The summed E-state index contributed by atoms with van der Waals surface area (Å²) in [5.74, 6) is 0. The Morgan fingerprint density at radius 3 is 2.93 bits per heavy atom. The van der Waals surface area contributed by atoms with Crippen molar-refractivity contribution in [3.05, 3.63) is 30.1 Å². The number of hydrogen-bond acceptors (Lipinski definition) is 4. The van der Waals surface area contributed by atoms with Gasteiger partial charge in [0.1, 0.15) is 6.10 Å². The first-order chi connectivity index (χ1) is 6.88. The molecule has 1 aliphatic heterocycles. The minimum atomic E-state index is -0.564. The molecule has 1 aliphatic rings. The van der Waals surface area contributed by atoms with Crippen molar-refractivity contribution in [2.45, 2.75) is 12.2 Å². The van der Waals surface area contributed by atoms with Crippen molar-refractivity contribution < 1.29 is 9.84 Å². The molecule has 1 saturated heterocycles. The Balaban J connectivity index is 2.03. The minimum Gasteiger partial charge on any atom is -0.386 e. The molecule has 76 valence electrons. The van der Waals surface area contributed by atoms with Crippen LogP contribution in [0.3, 0.4) is 0 Å². The molecular formula is C10H14N2O2. The van der Waals surface area contributed by atoms with Gasteiger partial charge in [0.25, 0.3) is 0 Å². The zero-order valence-electron chi connectivity index (χ0n) is 7.89. The van der Waals surface area contributed by atoms with Crippen LogP contribution in [0.25, 0.3) is 0 Å². The van der Waals surface area contributed by atoms with Crippen LogP contribution < -0.4 is 5.32 Å². The topological polar surface area (TPSA) is 54.4 Å².